The number of aromatic nitrogens is 1. The summed E-state index contributed by atoms with van der Waals surface area (Å²) in [6, 6.07) is 4.15. The van der Waals surface area contributed by atoms with Gasteiger partial charge in [0.25, 0.3) is 0 Å². The van der Waals surface area contributed by atoms with Crippen LogP contribution < -0.4 is 0 Å². The third kappa shape index (κ3) is 1.45. The van der Waals surface area contributed by atoms with Gasteiger partial charge in [-0.1, -0.05) is 0 Å². The molecule has 1 rings (SSSR count). The molecule has 2 heteroatoms. The van der Waals surface area contributed by atoms with Crippen molar-refractivity contribution in [2.45, 2.75) is 11.9 Å². The molecule has 0 aliphatic carbocycles. The molecule has 0 aromatic carbocycles. The predicted octanol–water partition coefficient (Wildman–Crippen LogP) is 1.77. The first-order valence-electron chi connectivity index (χ1n) is 2.63. The summed E-state index contributed by atoms with van der Waals surface area (Å²) in [5.74, 6) is 0. The summed E-state index contributed by atoms with van der Waals surface area (Å²) in [6.45, 7) is 2.22. The number of hydrogen-bond acceptors (Lipinski definition) is 0. The van der Waals surface area contributed by atoms with E-state index in [1.807, 2.05) is 0 Å². The van der Waals surface area contributed by atoms with Crippen LogP contribution in [0.25, 0.3) is 0 Å². The molecule has 1 aromatic heterocycles. The van der Waals surface area contributed by atoms with Crippen LogP contribution in [0.15, 0.2) is 24.5 Å². The van der Waals surface area contributed by atoms with Crippen LogP contribution in [0, 0.1) is 0 Å². The summed E-state index contributed by atoms with van der Waals surface area (Å²) in [6.07, 6.45) is 4.25. The zero-order valence-corrected chi connectivity index (χ0v) is 6.56. The maximum absolute atomic E-state index is 2.27. The number of hydrogen-bond donors (Lipinski definition) is 0. The number of nitrogens with zero attached hydrogens (tertiary/aromatic N) is 1. The summed E-state index contributed by atoms with van der Waals surface area (Å²) in [5, 5.41) is 1.31. The van der Waals surface area contributed by atoms with Gasteiger partial charge in [0.15, 0.2) is 0 Å². The van der Waals surface area contributed by atoms with Gasteiger partial charge in [-0.15, -0.1) is 0 Å². The van der Waals surface area contributed by atoms with Crippen molar-refractivity contribution < 1.29 is 17.4 Å². The monoisotopic (exact) mass is 197 g/mol. The third-order valence-corrected chi connectivity index (χ3v) is 2.50. The maximum atomic E-state index is 2.27. The fourth-order valence-electron chi connectivity index (χ4n) is 0.513. The van der Waals surface area contributed by atoms with Gasteiger partial charge in [-0.2, -0.15) is 0 Å². The molecule has 1 heterocycles. The zero-order valence-electron chi connectivity index (χ0n) is 4.82. The van der Waals surface area contributed by atoms with Crippen molar-refractivity contribution in [2.75, 3.05) is 0 Å². The molecule has 0 fully saturated rings. The molecule has 1 aromatic rings. The van der Waals surface area contributed by atoms with Gasteiger partial charge in [-0.25, -0.2) is 0 Å². The second-order valence-corrected chi connectivity index (χ2v) is 4.05. The third-order valence-electron chi connectivity index (χ3n) is 0.802. The van der Waals surface area contributed by atoms with Crippen LogP contribution in [0.1, 0.15) is 6.92 Å². The van der Waals surface area contributed by atoms with Crippen molar-refractivity contribution in [1.82, 2.24) is 3.31 Å². The average Bonchev–Trinajstić information content (AvgIpc) is 2.19. The first-order chi connectivity index (χ1) is 3.93. The van der Waals surface area contributed by atoms with E-state index < -0.39 is 0 Å². The Labute approximate surface area is 57.6 Å². The van der Waals surface area contributed by atoms with Crippen molar-refractivity contribution in [3.8, 4) is 0 Å². The molecular formula is C6H9NRu. The summed E-state index contributed by atoms with van der Waals surface area (Å²) < 4.78 is 2.27. The van der Waals surface area contributed by atoms with Gasteiger partial charge < -0.3 is 0 Å². The van der Waals surface area contributed by atoms with E-state index in [1.165, 1.54) is 5.02 Å². The van der Waals surface area contributed by atoms with E-state index >= 15 is 0 Å². The molecule has 0 unspecified atom stereocenters. The second-order valence-electron chi connectivity index (χ2n) is 1.38. The van der Waals surface area contributed by atoms with E-state index in [9.17, 15) is 0 Å². The number of rotatable bonds is 2. The molecular weight excluding hydrogens is 187 g/mol. The Morgan fingerprint density at radius 2 is 2.00 bits per heavy atom. The first-order valence-corrected chi connectivity index (χ1v) is 4.64. The Kier molecular flexibility index (Phi) is 2.29. The Morgan fingerprint density at radius 1 is 1.38 bits per heavy atom. The molecule has 0 bridgehead atoms. The Morgan fingerprint density at radius 3 is 2.50 bits per heavy atom. The summed E-state index contributed by atoms with van der Waals surface area (Å²) in [4.78, 5) is 0. The molecule has 0 aliphatic heterocycles. The molecule has 0 saturated carbocycles. The minimum absolute atomic E-state index is 0.441. The minimum atomic E-state index is 0.441. The molecule has 0 amide bonds. The molecule has 1 nitrogen and oxygen atoms in total. The Balaban J connectivity index is 2.50. The normalized spacial score (nSPS) is 10.1. The molecule has 46 valence electrons. The van der Waals surface area contributed by atoms with E-state index in [2.05, 4.69) is 34.8 Å². The van der Waals surface area contributed by atoms with Crippen molar-refractivity contribution in [2.24, 2.45) is 0 Å². The van der Waals surface area contributed by atoms with Gasteiger partial charge in [0.05, 0.1) is 0 Å². The van der Waals surface area contributed by atoms with Crippen molar-refractivity contribution in [3.05, 3.63) is 24.5 Å². The van der Waals surface area contributed by atoms with Crippen molar-refractivity contribution in [3.63, 3.8) is 0 Å². The molecule has 0 saturated heterocycles. The first kappa shape index (κ1) is 6.03. The summed E-state index contributed by atoms with van der Waals surface area (Å²) in [7, 11) is 0. The quantitative estimate of drug-likeness (QED) is 0.635. The predicted molar refractivity (Wildman–Crippen MR) is 30.3 cm³/mol. The molecule has 0 atom stereocenters. The molecule has 8 heavy (non-hydrogen) atoms. The average molecular weight is 196 g/mol. The van der Waals surface area contributed by atoms with Crippen LogP contribution in [-0.2, 0) is 17.4 Å². The molecule has 0 radical (unpaired) electrons. The SMILES string of the molecule is C[CH2][Ru][n]1cccc1. The van der Waals surface area contributed by atoms with E-state index in [1.54, 1.807) is 0 Å². The van der Waals surface area contributed by atoms with Crippen LogP contribution in [0.4, 0.5) is 0 Å². The van der Waals surface area contributed by atoms with Crippen molar-refractivity contribution in [1.29, 1.82) is 0 Å². The van der Waals surface area contributed by atoms with Crippen LogP contribution in [0.3, 0.4) is 0 Å². The van der Waals surface area contributed by atoms with Gasteiger partial charge in [0.1, 0.15) is 0 Å². The van der Waals surface area contributed by atoms with E-state index in [-0.39, 0.29) is 0 Å². The standard InChI is InChI=1S/C4H4N.C2H5.Ru/c1-2-4-5-3-1;1-2;/h1-4H;1H2,2H3;/q-1;;+1. The van der Waals surface area contributed by atoms with Crippen LogP contribution in [0.2, 0.25) is 5.02 Å². The molecule has 0 spiro atoms. The van der Waals surface area contributed by atoms with Crippen LogP contribution in [-0.4, -0.2) is 3.31 Å². The Hall–Kier alpha value is -0.0966. The zero-order chi connectivity index (χ0) is 5.82. The molecule has 0 N–H and O–H groups in total. The summed E-state index contributed by atoms with van der Waals surface area (Å²) >= 11 is 0.441. The summed E-state index contributed by atoms with van der Waals surface area (Å²) in [5.41, 5.74) is 0. The van der Waals surface area contributed by atoms with Gasteiger partial charge >= 0.3 is 57.1 Å². The van der Waals surface area contributed by atoms with Crippen LogP contribution >= 0.6 is 0 Å². The van der Waals surface area contributed by atoms with E-state index in [0.717, 1.165) is 0 Å². The fraction of sp³-hybridized carbons (Fsp3) is 0.333. The van der Waals surface area contributed by atoms with E-state index in [0.29, 0.717) is 17.4 Å². The van der Waals surface area contributed by atoms with Gasteiger partial charge in [-0.05, 0) is 0 Å². The fourth-order valence-corrected chi connectivity index (χ4v) is 1.81. The topological polar surface area (TPSA) is 4.93 Å². The second kappa shape index (κ2) is 3.03. The van der Waals surface area contributed by atoms with Crippen molar-refractivity contribution >= 4 is 0 Å². The van der Waals surface area contributed by atoms with Gasteiger partial charge in [0, 0.05) is 0 Å². The van der Waals surface area contributed by atoms with Crippen LogP contribution in [0.5, 0.6) is 0 Å². The van der Waals surface area contributed by atoms with Gasteiger partial charge in [-0.3, -0.25) is 0 Å². The Bertz CT molecular complexity index is 134. The van der Waals surface area contributed by atoms with Gasteiger partial charge in [0.2, 0.25) is 0 Å². The molecule has 0 aliphatic rings. The van der Waals surface area contributed by atoms with E-state index in [4.69, 9.17) is 0 Å².